The quantitative estimate of drug-likeness (QED) is 0.543. The average Bonchev–Trinajstić information content (AvgIpc) is 3.21. The molecule has 1 unspecified atom stereocenters. The molecule has 0 spiro atoms. The second-order valence-electron chi connectivity index (χ2n) is 7.50. The lowest BCUT2D eigenvalue weighted by Crippen LogP contribution is -2.35. The van der Waals surface area contributed by atoms with Crippen molar-refractivity contribution in [3.63, 3.8) is 0 Å². The van der Waals surface area contributed by atoms with E-state index in [9.17, 15) is 4.79 Å². The van der Waals surface area contributed by atoms with Crippen molar-refractivity contribution in [2.45, 2.75) is 33.4 Å². The smallest absolute Gasteiger partial charge is 0.274 e. The van der Waals surface area contributed by atoms with Crippen molar-refractivity contribution in [3.8, 4) is 11.5 Å². The lowest BCUT2D eigenvalue weighted by Gasteiger charge is -2.20. The fraction of sp³-hybridized carbons (Fsp3) is 0.333. The first kappa shape index (κ1) is 22.4. The number of hydrogen-bond donors (Lipinski definition) is 2. The molecule has 0 saturated heterocycles. The molecule has 0 fully saturated rings. The van der Waals surface area contributed by atoms with Crippen LogP contribution < -0.4 is 20.1 Å². The second-order valence-corrected chi connectivity index (χ2v) is 7.50. The molecule has 1 heterocycles. The molecule has 1 amide bonds. The van der Waals surface area contributed by atoms with Crippen LogP contribution in [0.4, 0.5) is 0 Å². The molecular formula is C24H29N3O4. The molecule has 0 radical (unpaired) electrons. The van der Waals surface area contributed by atoms with Crippen LogP contribution in [-0.2, 0) is 6.54 Å². The van der Waals surface area contributed by atoms with Gasteiger partial charge in [-0.25, -0.2) is 0 Å². The van der Waals surface area contributed by atoms with Gasteiger partial charge in [-0.15, -0.1) is 0 Å². The molecule has 31 heavy (non-hydrogen) atoms. The Morgan fingerprint density at radius 3 is 2.39 bits per heavy atom. The molecule has 1 aromatic heterocycles. The van der Waals surface area contributed by atoms with Gasteiger partial charge in [0, 0.05) is 19.2 Å². The zero-order valence-corrected chi connectivity index (χ0v) is 18.6. The van der Waals surface area contributed by atoms with E-state index in [4.69, 9.17) is 14.0 Å². The Labute approximate surface area is 182 Å². The maximum Gasteiger partial charge on any atom is 0.274 e. The number of hydrogen-bond acceptors (Lipinski definition) is 6. The van der Waals surface area contributed by atoms with Crippen LogP contribution in [-0.4, -0.2) is 31.8 Å². The first-order valence-corrected chi connectivity index (χ1v) is 10.1. The van der Waals surface area contributed by atoms with Gasteiger partial charge in [0.15, 0.2) is 5.69 Å². The summed E-state index contributed by atoms with van der Waals surface area (Å²) in [6.07, 6.45) is 0. The first-order valence-electron chi connectivity index (χ1n) is 10.1. The van der Waals surface area contributed by atoms with Crippen molar-refractivity contribution in [2.24, 2.45) is 0 Å². The lowest BCUT2D eigenvalue weighted by atomic mass is 10.0. The molecule has 0 bridgehead atoms. The largest absolute Gasteiger partial charge is 0.497 e. The van der Waals surface area contributed by atoms with Crippen molar-refractivity contribution < 1.29 is 18.8 Å². The zero-order valence-electron chi connectivity index (χ0n) is 18.6. The number of nitrogens with zero attached hydrogens (tertiary/aromatic N) is 1. The third kappa shape index (κ3) is 5.64. The van der Waals surface area contributed by atoms with E-state index in [0.717, 1.165) is 28.2 Å². The average molecular weight is 424 g/mol. The third-order valence-corrected chi connectivity index (χ3v) is 5.20. The molecule has 2 N–H and O–H groups in total. The molecule has 1 atom stereocenters. The number of ether oxygens (including phenoxy) is 2. The fourth-order valence-corrected chi connectivity index (χ4v) is 3.41. The Kier molecular flexibility index (Phi) is 7.31. The maximum absolute atomic E-state index is 12.7. The predicted molar refractivity (Wildman–Crippen MR) is 119 cm³/mol. The third-order valence-electron chi connectivity index (χ3n) is 5.20. The summed E-state index contributed by atoms with van der Waals surface area (Å²) in [6.45, 7) is 7.06. The number of aromatic nitrogens is 1. The number of benzene rings is 2. The summed E-state index contributed by atoms with van der Waals surface area (Å²) < 4.78 is 15.7. The van der Waals surface area contributed by atoms with E-state index in [0.29, 0.717) is 18.8 Å². The molecule has 7 nitrogen and oxygen atoms in total. The standard InChI is InChI=1S/C24H29N3O4/c1-15-11-23(30-5)16(2)10-19(15)13-25-14-22(18-6-8-20(29-4)9-7-18)26-24(28)21-12-17(3)31-27-21/h6-12,22,25H,13-14H2,1-5H3,(H,26,28). The van der Waals surface area contributed by atoms with Crippen LogP contribution in [0.15, 0.2) is 47.0 Å². The van der Waals surface area contributed by atoms with Gasteiger partial charge in [-0.1, -0.05) is 23.4 Å². The molecule has 0 aliphatic carbocycles. The highest BCUT2D eigenvalue weighted by molar-refractivity contribution is 5.92. The normalized spacial score (nSPS) is 11.8. The van der Waals surface area contributed by atoms with Crippen LogP contribution in [0.5, 0.6) is 11.5 Å². The van der Waals surface area contributed by atoms with E-state index in [1.54, 1.807) is 27.2 Å². The van der Waals surface area contributed by atoms with Crippen molar-refractivity contribution in [2.75, 3.05) is 20.8 Å². The molecule has 3 aromatic rings. The summed E-state index contributed by atoms with van der Waals surface area (Å²) in [5.74, 6) is 1.95. The first-order chi connectivity index (χ1) is 14.9. The SMILES string of the molecule is COc1ccc(C(CNCc2cc(C)c(OC)cc2C)NC(=O)c2cc(C)on2)cc1. The Balaban J connectivity index is 1.73. The van der Waals surface area contributed by atoms with Crippen molar-refractivity contribution in [1.29, 1.82) is 0 Å². The molecule has 2 aromatic carbocycles. The zero-order chi connectivity index (χ0) is 22.4. The van der Waals surface area contributed by atoms with E-state index in [1.165, 1.54) is 5.56 Å². The van der Waals surface area contributed by atoms with Crippen LogP contribution >= 0.6 is 0 Å². The van der Waals surface area contributed by atoms with Gasteiger partial charge in [0.2, 0.25) is 0 Å². The van der Waals surface area contributed by atoms with Crippen molar-refractivity contribution >= 4 is 5.91 Å². The number of carbonyl (C=O) groups excluding carboxylic acids is 1. The van der Waals surface area contributed by atoms with Gasteiger partial charge in [-0.3, -0.25) is 4.79 Å². The summed E-state index contributed by atoms with van der Waals surface area (Å²) in [7, 11) is 3.31. The molecule has 3 rings (SSSR count). The summed E-state index contributed by atoms with van der Waals surface area (Å²) in [6, 6.07) is 13.2. The number of nitrogens with one attached hydrogen (secondary N) is 2. The van der Waals surface area contributed by atoms with Gasteiger partial charge in [0.05, 0.1) is 20.3 Å². The van der Waals surface area contributed by atoms with Crippen LogP contribution in [0.2, 0.25) is 0 Å². The highest BCUT2D eigenvalue weighted by atomic mass is 16.5. The van der Waals surface area contributed by atoms with Gasteiger partial charge >= 0.3 is 0 Å². The minimum absolute atomic E-state index is 0.255. The Hall–Kier alpha value is -3.32. The van der Waals surface area contributed by atoms with Gasteiger partial charge in [-0.2, -0.15) is 0 Å². The monoisotopic (exact) mass is 423 g/mol. The van der Waals surface area contributed by atoms with E-state index in [-0.39, 0.29) is 17.6 Å². The summed E-state index contributed by atoms with van der Waals surface area (Å²) in [5.41, 5.74) is 4.65. The van der Waals surface area contributed by atoms with Crippen molar-refractivity contribution in [1.82, 2.24) is 15.8 Å². The van der Waals surface area contributed by atoms with Gasteiger partial charge < -0.3 is 24.6 Å². The molecule has 0 aliphatic rings. The fourth-order valence-electron chi connectivity index (χ4n) is 3.41. The molecule has 164 valence electrons. The summed E-state index contributed by atoms with van der Waals surface area (Å²) >= 11 is 0. The number of rotatable bonds is 9. The minimum atomic E-state index is -0.282. The van der Waals surface area contributed by atoms with Crippen LogP contribution in [0, 0.1) is 20.8 Å². The second kappa shape index (κ2) is 10.1. The molecule has 0 aliphatic heterocycles. The van der Waals surface area contributed by atoms with E-state index >= 15 is 0 Å². The lowest BCUT2D eigenvalue weighted by molar-refractivity contribution is 0.0927. The van der Waals surface area contributed by atoms with Crippen LogP contribution in [0.3, 0.4) is 0 Å². The highest BCUT2D eigenvalue weighted by Crippen LogP contribution is 2.23. The maximum atomic E-state index is 12.7. The number of amides is 1. The van der Waals surface area contributed by atoms with Crippen molar-refractivity contribution in [3.05, 3.63) is 76.2 Å². The van der Waals surface area contributed by atoms with Gasteiger partial charge in [-0.05, 0) is 61.2 Å². The van der Waals surface area contributed by atoms with E-state index < -0.39 is 0 Å². The Bertz CT molecular complexity index is 1030. The Morgan fingerprint density at radius 2 is 1.77 bits per heavy atom. The minimum Gasteiger partial charge on any atom is -0.497 e. The summed E-state index contributed by atoms with van der Waals surface area (Å²) in [5, 5.41) is 10.3. The van der Waals surface area contributed by atoms with Crippen LogP contribution in [0.1, 0.15) is 44.5 Å². The number of methoxy groups -OCH3 is 2. The van der Waals surface area contributed by atoms with E-state index in [1.807, 2.05) is 37.3 Å². The van der Waals surface area contributed by atoms with E-state index in [2.05, 4.69) is 28.8 Å². The number of aryl methyl sites for hydroxylation is 3. The predicted octanol–water partition coefficient (Wildman–Crippen LogP) is 3.88. The Morgan fingerprint density at radius 1 is 1.03 bits per heavy atom. The molecular weight excluding hydrogens is 394 g/mol. The number of carbonyl (C=O) groups is 1. The topological polar surface area (TPSA) is 85.6 Å². The van der Waals surface area contributed by atoms with Gasteiger partial charge in [0.1, 0.15) is 17.3 Å². The summed E-state index contributed by atoms with van der Waals surface area (Å²) in [4.78, 5) is 12.7. The molecule has 0 saturated carbocycles. The van der Waals surface area contributed by atoms with Crippen LogP contribution in [0.25, 0.3) is 0 Å². The molecule has 7 heteroatoms. The van der Waals surface area contributed by atoms with Gasteiger partial charge in [0.25, 0.3) is 5.91 Å². The highest BCUT2D eigenvalue weighted by Gasteiger charge is 2.18.